The lowest BCUT2D eigenvalue weighted by Gasteiger charge is -2.18. The summed E-state index contributed by atoms with van der Waals surface area (Å²) in [4.78, 5) is 15.3. The number of hydrogen-bond donors (Lipinski definition) is 1. The molecule has 0 unspecified atom stereocenters. The van der Waals surface area contributed by atoms with E-state index in [1.165, 1.54) is 11.0 Å². The van der Waals surface area contributed by atoms with Crippen molar-refractivity contribution in [3.05, 3.63) is 6.33 Å². The predicted molar refractivity (Wildman–Crippen MR) is 69.3 cm³/mol. The van der Waals surface area contributed by atoms with Crippen molar-refractivity contribution in [2.45, 2.75) is 32.7 Å². The highest BCUT2D eigenvalue weighted by Crippen LogP contribution is 2.37. The number of hydrogen-bond acceptors (Lipinski definition) is 5. The van der Waals surface area contributed by atoms with Crippen molar-refractivity contribution < 1.29 is 14.1 Å². The van der Waals surface area contributed by atoms with Crippen LogP contribution in [0.1, 0.15) is 20.8 Å². The normalized spacial score (nSPS) is 12.3. The molecule has 1 rings (SSSR count). The van der Waals surface area contributed by atoms with Gasteiger partial charge in [-0.15, -0.1) is 5.10 Å². The zero-order valence-electron chi connectivity index (χ0n) is 11.3. The molecule has 0 saturated carbocycles. The van der Waals surface area contributed by atoms with Crippen molar-refractivity contribution in [2.24, 2.45) is 0 Å². The summed E-state index contributed by atoms with van der Waals surface area (Å²) < 4.78 is 18.1. The predicted octanol–water partition coefficient (Wildman–Crippen LogP) is 2.21. The Morgan fingerprint density at radius 1 is 1.50 bits per heavy atom. The van der Waals surface area contributed by atoms with Crippen LogP contribution in [0.15, 0.2) is 6.33 Å². The van der Waals surface area contributed by atoms with E-state index >= 15 is 0 Å². The van der Waals surface area contributed by atoms with Crippen LogP contribution >= 0.6 is 7.14 Å². The van der Waals surface area contributed by atoms with Crippen LogP contribution in [0, 0.1) is 0 Å². The lowest BCUT2D eigenvalue weighted by molar-refractivity contribution is 0.0634. The summed E-state index contributed by atoms with van der Waals surface area (Å²) in [7, 11) is -2.23. The molecular formula is C10H19N4O3P. The molecule has 0 radical (unpaired) electrons. The standard InChI is InChI=1S/C10H19N4O3P/c1-10(2,3)17-9(15)12-8-11-6-14(13-8)7-18(4,5)16/h6H,7H2,1-5H3,(H,12,13,15). The Kier molecular flexibility index (Phi) is 4.16. The number of amides is 1. The quantitative estimate of drug-likeness (QED) is 0.854. The maximum absolute atomic E-state index is 11.6. The SMILES string of the molecule is CC(C)(C)OC(=O)Nc1ncn(CP(C)(C)=O)n1. The fourth-order valence-corrected chi connectivity index (χ4v) is 2.00. The molecular weight excluding hydrogens is 255 g/mol. The van der Waals surface area contributed by atoms with Crippen molar-refractivity contribution >= 4 is 19.2 Å². The second-order valence-electron chi connectivity index (χ2n) is 5.45. The number of carbonyl (C=O) groups excluding carboxylic acids is 1. The summed E-state index contributed by atoms with van der Waals surface area (Å²) in [6.45, 7) is 8.63. The molecule has 0 aliphatic rings. The first kappa shape index (κ1) is 14.7. The maximum atomic E-state index is 11.6. The van der Waals surface area contributed by atoms with Gasteiger partial charge in [0.2, 0.25) is 0 Å². The average molecular weight is 274 g/mol. The summed E-state index contributed by atoms with van der Waals surface area (Å²) in [5.41, 5.74) is -0.574. The van der Waals surface area contributed by atoms with Gasteiger partial charge in [-0.05, 0) is 34.1 Å². The Labute approximate surface area is 106 Å². The van der Waals surface area contributed by atoms with E-state index in [1.54, 1.807) is 34.1 Å². The topological polar surface area (TPSA) is 86.1 Å². The molecule has 0 bridgehead atoms. The summed E-state index contributed by atoms with van der Waals surface area (Å²) in [6, 6.07) is 0. The molecule has 0 aliphatic heterocycles. The van der Waals surface area contributed by atoms with E-state index in [1.807, 2.05) is 0 Å². The Morgan fingerprint density at radius 2 is 2.11 bits per heavy atom. The highest BCUT2D eigenvalue weighted by atomic mass is 31.2. The van der Waals surface area contributed by atoms with Gasteiger partial charge in [0.1, 0.15) is 19.1 Å². The van der Waals surface area contributed by atoms with E-state index in [-0.39, 0.29) is 12.2 Å². The molecule has 0 aliphatic carbocycles. The van der Waals surface area contributed by atoms with Crippen LogP contribution in [-0.4, -0.2) is 39.8 Å². The van der Waals surface area contributed by atoms with E-state index in [2.05, 4.69) is 15.4 Å². The third-order valence-corrected chi connectivity index (χ3v) is 2.61. The Balaban J connectivity index is 2.59. The summed E-state index contributed by atoms with van der Waals surface area (Å²) in [5, 5.41) is 6.40. The van der Waals surface area contributed by atoms with Crippen LogP contribution in [0.2, 0.25) is 0 Å². The van der Waals surface area contributed by atoms with Gasteiger partial charge in [-0.2, -0.15) is 0 Å². The fraction of sp³-hybridized carbons (Fsp3) is 0.700. The molecule has 1 N–H and O–H groups in total. The van der Waals surface area contributed by atoms with E-state index in [0.717, 1.165) is 0 Å². The monoisotopic (exact) mass is 274 g/mol. The third kappa shape index (κ3) is 5.82. The summed E-state index contributed by atoms with van der Waals surface area (Å²) in [5.74, 6) is 0.137. The van der Waals surface area contributed by atoms with E-state index in [4.69, 9.17) is 4.74 Å². The van der Waals surface area contributed by atoms with Crippen molar-refractivity contribution in [2.75, 3.05) is 18.6 Å². The van der Waals surface area contributed by atoms with Crippen LogP contribution in [0.3, 0.4) is 0 Å². The summed E-state index contributed by atoms with van der Waals surface area (Å²) in [6.07, 6.45) is 1.10. The molecule has 0 saturated heterocycles. The smallest absolute Gasteiger partial charge is 0.414 e. The van der Waals surface area contributed by atoms with Crippen molar-refractivity contribution in [3.8, 4) is 0 Å². The Bertz CT molecular complexity index is 472. The fourth-order valence-electron chi connectivity index (χ4n) is 1.16. The maximum Gasteiger partial charge on any atom is 0.414 e. The van der Waals surface area contributed by atoms with Gasteiger partial charge < -0.3 is 9.30 Å². The van der Waals surface area contributed by atoms with Gasteiger partial charge >= 0.3 is 6.09 Å². The van der Waals surface area contributed by atoms with Crippen molar-refractivity contribution in [3.63, 3.8) is 0 Å². The lowest BCUT2D eigenvalue weighted by Crippen LogP contribution is -2.27. The van der Waals surface area contributed by atoms with Gasteiger partial charge in [-0.3, -0.25) is 5.32 Å². The first-order valence-electron chi connectivity index (χ1n) is 5.49. The molecule has 7 nitrogen and oxygen atoms in total. The molecule has 0 aromatic carbocycles. The third-order valence-electron chi connectivity index (χ3n) is 1.63. The van der Waals surface area contributed by atoms with Gasteiger partial charge in [-0.25, -0.2) is 14.5 Å². The van der Waals surface area contributed by atoms with Crippen LogP contribution in [0.4, 0.5) is 10.7 Å². The first-order valence-corrected chi connectivity index (χ1v) is 8.27. The molecule has 1 aromatic rings. The second kappa shape index (κ2) is 5.10. The number of anilines is 1. The van der Waals surface area contributed by atoms with Crippen LogP contribution in [-0.2, 0) is 15.6 Å². The van der Waals surface area contributed by atoms with E-state index in [9.17, 15) is 9.36 Å². The number of aromatic nitrogens is 3. The van der Waals surface area contributed by atoms with Crippen LogP contribution in [0.25, 0.3) is 0 Å². The van der Waals surface area contributed by atoms with Crippen molar-refractivity contribution in [1.82, 2.24) is 14.8 Å². The van der Waals surface area contributed by atoms with Gasteiger partial charge in [0.25, 0.3) is 5.95 Å². The largest absolute Gasteiger partial charge is 0.444 e. The molecule has 102 valence electrons. The zero-order chi connectivity index (χ0) is 14.0. The lowest BCUT2D eigenvalue weighted by atomic mass is 10.2. The average Bonchev–Trinajstić information content (AvgIpc) is 2.44. The minimum absolute atomic E-state index is 0.137. The first-order chi connectivity index (χ1) is 8.05. The Hall–Kier alpha value is -1.36. The van der Waals surface area contributed by atoms with E-state index in [0.29, 0.717) is 0 Å². The molecule has 0 spiro atoms. The van der Waals surface area contributed by atoms with Gasteiger partial charge in [-0.1, -0.05) is 0 Å². The minimum Gasteiger partial charge on any atom is -0.444 e. The highest BCUT2D eigenvalue weighted by Gasteiger charge is 2.17. The highest BCUT2D eigenvalue weighted by molar-refractivity contribution is 7.61. The number of rotatable bonds is 3. The Morgan fingerprint density at radius 3 is 2.61 bits per heavy atom. The van der Waals surface area contributed by atoms with Gasteiger partial charge in [0, 0.05) is 0 Å². The molecule has 18 heavy (non-hydrogen) atoms. The minimum atomic E-state index is -2.23. The van der Waals surface area contributed by atoms with Crippen LogP contribution < -0.4 is 5.32 Å². The van der Waals surface area contributed by atoms with E-state index < -0.39 is 18.8 Å². The molecule has 1 heterocycles. The number of nitrogens with zero attached hydrogens (tertiary/aromatic N) is 3. The number of carbonyl (C=O) groups is 1. The number of ether oxygens (including phenoxy) is 1. The molecule has 1 aromatic heterocycles. The van der Waals surface area contributed by atoms with Crippen molar-refractivity contribution in [1.29, 1.82) is 0 Å². The van der Waals surface area contributed by atoms with Gasteiger partial charge in [0.15, 0.2) is 0 Å². The van der Waals surface area contributed by atoms with Crippen LogP contribution in [0.5, 0.6) is 0 Å². The second-order valence-corrected chi connectivity index (χ2v) is 8.88. The molecule has 1 amide bonds. The zero-order valence-corrected chi connectivity index (χ0v) is 12.2. The molecule has 8 heteroatoms. The summed E-state index contributed by atoms with van der Waals surface area (Å²) >= 11 is 0. The molecule has 0 atom stereocenters. The molecule has 0 fully saturated rings. The number of nitrogens with one attached hydrogen (secondary N) is 1. The van der Waals surface area contributed by atoms with Gasteiger partial charge in [0.05, 0.1) is 6.29 Å².